The van der Waals surface area contributed by atoms with Crippen molar-refractivity contribution in [1.29, 1.82) is 0 Å². The van der Waals surface area contributed by atoms with Gasteiger partial charge >= 0.3 is 0 Å². The van der Waals surface area contributed by atoms with Crippen LogP contribution in [-0.2, 0) is 4.79 Å². The lowest BCUT2D eigenvalue weighted by Crippen LogP contribution is -2.48. The van der Waals surface area contributed by atoms with E-state index in [2.05, 4.69) is 26.9 Å². The highest BCUT2D eigenvalue weighted by Crippen LogP contribution is 2.28. The Morgan fingerprint density at radius 1 is 1.04 bits per heavy atom. The van der Waals surface area contributed by atoms with E-state index in [0.717, 1.165) is 34.6 Å². The van der Waals surface area contributed by atoms with Gasteiger partial charge in [-0.05, 0) is 35.9 Å². The Bertz CT molecular complexity index is 751. The summed E-state index contributed by atoms with van der Waals surface area (Å²) in [6, 6.07) is 15.9. The van der Waals surface area contributed by atoms with Crippen molar-refractivity contribution in [2.45, 2.75) is 0 Å². The normalized spacial score (nSPS) is 14.8. The van der Waals surface area contributed by atoms with E-state index in [-0.39, 0.29) is 5.91 Å². The SMILES string of the molecule is COc1ccccc1N1CCN(C(=O)C=Cc2ccc(Br)cc2)CC1. The third kappa shape index (κ3) is 4.42. The van der Waals surface area contributed by atoms with Crippen LogP contribution in [0.15, 0.2) is 59.1 Å². The maximum Gasteiger partial charge on any atom is 0.246 e. The fraction of sp³-hybridized carbons (Fsp3) is 0.250. The van der Waals surface area contributed by atoms with Crippen LogP contribution in [0.3, 0.4) is 0 Å². The van der Waals surface area contributed by atoms with Gasteiger partial charge in [0.1, 0.15) is 5.75 Å². The summed E-state index contributed by atoms with van der Waals surface area (Å²) in [5.74, 6) is 0.931. The van der Waals surface area contributed by atoms with Crippen LogP contribution in [0.25, 0.3) is 6.08 Å². The van der Waals surface area contributed by atoms with Gasteiger partial charge in [-0.1, -0.05) is 40.2 Å². The number of hydrogen-bond donors (Lipinski definition) is 0. The summed E-state index contributed by atoms with van der Waals surface area (Å²) in [5, 5.41) is 0. The molecule has 0 bridgehead atoms. The number of amides is 1. The fourth-order valence-corrected chi connectivity index (χ4v) is 3.17. The Morgan fingerprint density at radius 3 is 2.40 bits per heavy atom. The molecule has 2 aromatic rings. The molecule has 0 aromatic heterocycles. The second-order valence-corrected chi connectivity index (χ2v) is 6.78. The van der Waals surface area contributed by atoms with Crippen molar-refractivity contribution in [3.05, 3.63) is 64.6 Å². The van der Waals surface area contributed by atoms with Gasteiger partial charge in [-0.15, -0.1) is 0 Å². The van der Waals surface area contributed by atoms with Crippen LogP contribution >= 0.6 is 15.9 Å². The molecule has 0 unspecified atom stereocenters. The van der Waals surface area contributed by atoms with Crippen LogP contribution in [0.2, 0.25) is 0 Å². The summed E-state index contributed by atoms with van der Waals surface area (Å²) >= 11 is 3.41. The van der Waals surface area contributed by atoms with Crippen molar-refractivity contribution in [2.75, 3.05) is 38.2 Å². The smallest absolute Gasteiger partial charge is 0.246 e. The number of rotatable bonds is 4. The number of carbonyl (C=O) groups excluding carboxylic acids is 1. The zero-order valence-electron chi connectivity index (χ0n) is 14.2. The Balaban J connectivity index is 1.58. The predicted octanol–water partition coefficient (Wildman–Crippen LogP) is 3.82. The average Bonchev–Trinajstić information content (AvgIpc) is 2.67. The molecule has 1 heterocycles. The van der Waals surface area contributed by atoms with E-state index < -0.39 is 0 Å². The first-order valence-corrected chi connectivity index (χ1v) is 9.07. The van der Waals surface area contributed by atoms with Crippen molar-refractivity contribution >= 4 is 33.6 Å². The van der Waals surface area contributed by atoms with E-state index >= 15 is 0 Å². The molecule has 0 saturated carbocycles. The van der Waals surface area contributed by atoms with Gasteiger partial charge in [-0.25, -0.2) is 0 Å². The zero-order chi connectivity index (χ0) is 17.6. The summed E-state index contributed by atoms with van der Waals surface area (Å²) in [4.78, 5) is 16.5. The van der Waals surface area contributed by atoms with E-state index in [1.165, 1.54) is 0 Å². The molecule has 0 aliphatic carbocycles. The number of ether oxygens (including phenoxy) is 1. The molecule has 1 fully saturated rings. The highest BCUT2D eigenvalue weighted by Gasteiger charge is 2.21. The lowest BCUT2D eigenvalue weighted by atomic mass is 10.2. The van der Waals surface area contributed by atoms with E-state index in [0.29, 0.717) is 13.1 Å². The quantitative estimate of drug-likeness (QED) is 0.731. The lowest BCUT2D eigenvalue weighted by molar-refractivity contribution is -0.126. The third-order valence-electron chi connectivity index (χ3n) is 4.31. The zero-order valence-corrected chi connectivity index (χ0v) is 15.8. The van der Waals surface area contributed by atoms with Gasteiger partial charge in [0.25, 0.3) is 0 Å². The Hall–Kier alpha value is -2.27. The summed E-state index contributed by atoms with van der Waals surface area (Å²) in [6.45, 7) is 3.03. The standard InChI is InChI=1S/C20H21BrN2O2/c1-25-19-5-3-2-4-18(19)22-12-14-23(15-13-22)20(24)11-8-16-6-9-17(21)10-7-16/h2-11H,12-15H2,1H3. The van der Waals surface area contributed by atoms with Crippen LogP contribution in [0.4, 0.5) is 5.69 Å². The number of carbonyl (C=O) groups is 1. The maximum atomic E-state index is 12.4. The van der Waals surface area contributed by atoms with Gasteiger partial charge in [-0.3, -0.25) is 4.79 Å². The van der Waals surface area contributed by atoms with Gasteiger partial charge in [0, 0.05) is 36.7 Å². The van der Waals surface area contributed by atoms with Crippen molar-refractivity contribution < 1.29 is 9.53 Å². The average molecular weight is 401 g/mol. The molecule has 0 N–H and O–H groups in total. The number of benzene rings is 2. The number of hydrogen-bond acceptors (Lipinski definition) is 3. The van der Waals surface area contributed by atoms with Gasteiger partial charge < -0.3 is 14.5 Å². The molecule has 1 amide bonds. The van der Waals surface area contributed by atoms with Crippen LogP contribution in [0.1, 0.15) is 5.56 Å². The Morgan fingerprint density at radius 2 is 1.72 bits per heavy atom. The number of anilines is 1. The van der Waals surface area contributed by atoms with Gasteiger partial charge in [0.05, 0.1) is 12.8 Å². The molecule has 0 spiro atoms. The monoisotopic (exact) mass is 400 g/mol. The number of piperazine rings is 1. The van der Waals surface area contributed by atoms with Crippen molar-refractivity contribution in [3.8, 4) is 5.75 Å². The molecule has 2 aromatic carbocycles. The summed E-state index contributed by atoms with van der Waals surface area (Å²) in [7, 11) is 1.69. The maximum absolute atomic E-state index is 12.4. The fourth-order valence-electron chi connectivity index (χ4n) is 2.91. The minimum atomic E-state index is 0.0580. The molecule has 0 atom stereocenters. The van der Waals surface area contributed by atoms with E-state index in [4.69, 9.17) is 4.74 Å². The van der Waals surface area contributed by atoms with Crippen LogP contribution in [-0.4, -0.2) is 44.1 Å². The Labute approximate surface area is 156 Å². The predicted molar refractivity (Wildman–Crippen MR) is 105 cm³/mol. The Kier molecular flexibility index (Phi) is 5.76. The summed E-state index contributed by atoms with van der Waals surface area (Å²) in [6.07, 6.45) is 3.52. The lowest BCUT2D eigenvalue weighted by Gasteiger charge is -2.36. The molecule has 1 aliphatic rings. The van der Waals surface area contributed by atoms with E-state index in [1.807, 2.05) is 53.4 Å². The molecular formula is C20H21BrN2O2. The number of halogens is 1. The van der Waals surface area contributed by atoms with E-state index in [1.54, 1.807) is 13.2 Å². The minimum Gasteiger partial charge on any atom is -0.495 e. The van der Waals surface area contributed by atoms with Crippen LogP contribution in [0.5, 0.6) is 5.75 Å². The highest BCUT2D eigenvalue weighted by atomic mass is 79.9. The van der Waals surface area contributed by atoms with Gasteiger partial charge in [0.15, 0.2) is 0 Å². The van der Waals surface area contributed by atoms with Crippen LogP contribution < -0.4 is 9.64 Å². The topological polar surface area (TPSA) is 32.8 Å². The molecular weight excluding hydrogens is 380 g/mol. The molecule has 0 radical (unpaired) electrons. The second kappa shape index (κ2) is 8.21. The summed E-state index contributed by atoms with van der Waals surface area (Å²) in [5.41, 5.74) is 2.10. The molecule has 1 saturated heterocycles. The molecule has 4 nitrogen and oxygen atoms in total. The summed E-state index contributed by atoms with van der Waals surface area (Å²) < 4.78 is 6.46. The van der Waals surface area contributed by atoms with E-state index in [9.17, 15) is 4.79 Å². The number of nitrogens with zero attached hydrogens (tertiary/aromatic N) is 2. The molecule has 3 rings (SSSR count). The highest BCUT2D eigenvalue weighted by molar-refractivity contribution is 9.10. The number of para-hydroxylation sites is 2. The second-order valence-electron chi connectivity index (χ2n) is 5.87. The largest absolute Gasteiger partial charge is 0.495 e. The first-order chi connectivity index (χ1) is 12.2. The third-order valence-corrected chi connectivity index (χ3v) is 4.83. The van der Waals surface area contributed by atoms with Gasteiger partial charge in [-0.2, -0.15) is 0 Å². The molecule has 5 heteroatoms. The first-order valence-electron chi connectivity index (χ1n) is 8.28. The van der Waals surface area contributed by atoms with Crippen molar-refractivity contribution in [2.24, 2.45) is 0 Å². The minimum absolute atomic E-state index is 0.0580. The molecule has 130 valence electrons. The van der Waals surface area contributed by atoms with Crippen molar-refractivity contribution in [3.63, 3.8) is 0 Å². The first kappa shape index (κ1) is 17.5. The molecule has 1 aliphatic heterocycles. The number of methoxy groups -OCH3 is 1. The van der Waals surface area contributed by atoms with Crippen LogP contribution in [0, 0.1) is 0 Å². The van der Waals surface area contributed by atoms with Gasteiger partial charge in [0.2, 0.25) is 5.91 Å². The molecule has 25 heavy (non-hydrogen) atoms. The van der Waals surface area contributed by atoms with Crippen molar-refractivity contribution in [1.82, 2.24) is 4.90 Å².